The zero-order valence-electron chi connectivity index (χ0n) is 65.9. The Morgan fingerprint density at radius 2 is 0.943 bits per heavy atom. The number of amides is 13. The van der Waals surface area contributed by atoms with Gasteiger partial charge in [0.2, 0.25) is 76.8 Å². The molecule has 106 heavy (non-hydrogen) atoms. The minimum Gasteiger partial charge on any atom is -0.391 e. The lowest BCUT2D eigenvalue weighted by Gasteiger charge is -2.39. The maximum Gasteiger partial charge on any atom is 0.248 e. The average molecular weight is 1470 g/mol. The molecule has 27 heteroatoms. The lowest BCUT2D eigenvalue weighted by Crippen LogP contribution is -2.62. The second-order valence-electron chi connectivity index (χ2n) is 30.5. The summed E-state index contributed by atoms with van der Waals surface area (Å²) in [6.45, 7) is 19.0. The van der Waals surface area contributed by atoms with Gasteiger partial charge in [-0.1, -0.05) is 146 Å². The van der Waals surface area contributed by atoms with Crippen LogP contribution in [-0.4, -0.2) is 275 Å². The summed E-state index contributed by atoms with van der Waals surface area (Å²) in [6.07, 6.45) is 0.00663. The van der Waals surface area contributed by atoms with Gasteiger partial charge in [-0.3, -0.25) is 62.3 Å². The predicted molar refractivity (Wildman–Crippen MR) is 403 cm³/mol. The summed E-state index contributed by atoms with van der Waals surface area (Å²) in [6, 6.07) is 11.3. The Kier molecular flexibility index (Phi) is 33.3. The van der Waals surface area contributed by atoms with Gasteiger partial charge < -0.3 is 70.5 Å². The van der Waals surface area contributed by atoms with E-state index in [9.17, 15) is 33.9 Å². The van der Waals surface area contributed by atoms with Crippen LogP contribution in [0.15, 0.2) is 91.0 Å². The molecule has 2 aliphatic heterocycles. The van der Waals surface area contributed by atoms with Crippen LogP contribution in [-0.2, 0) is 81.6 Å². The number of aliphatic hydroxyl groups excluding tert-OH is 1. The number of carbonyl (C=O) groups is 13. The Bertz CT molecular complexity index is 3500. The van der Waals surface area contributed by atoms with Gasteiger partial charge in [0, 0.05) is 88.7 Å². The van der Waals surface area contributed by atoms with E-state index in [0.717, 1.165) is 38.9 Å². The van der Waals surface area contributed by atoms with E-state index in [-0.39, 0.29) is 62.2 Å². The van der Waals surface area contributed by atoms with Crippen LogP contribution in [0.25, 0.3) is 0 Å². The quantitative estimate of drug-likeness (QED) is 0.102. The van der Waals surface area contributed by atoms with Crippen molar-refractivity contribution in [3.63, 3.8) is 0 Å². The number of hydrogen-bond acceptors (Lipinski definition) is 14. The van der Waals surface area contributed by atoms with Gasteiger partial charge in [0.15, 0.2) is 0 Å². The van der Waals surface area contributed by atoms with Crippen molar-refractivity contribution in [1.29, 1.82) is 0 Å². The SMILES string of the molecule is CC(C)C[C@H]1C(=O)N(C)[C@@H](C)C(=O)N(C)[C@@H](CC(C)C)C(=O)N[C@H](C(=O)N(C)[C@@H](Cc2ccccc2)C(=O)N(C)[C@@H](Cc2ccccc2)C(=O)N[C@@H](C)C(=O)N2CCCCC2)CC(=O)N(C)CC(=O)N[C@@H]([C@@H](C)O)C(=O)N(C)[C@@H](Cc2ccccc2)C(=O)N(C)[C@@H](CC(C)C)C(=O)N[C@@H](C(C)C)C(=O)N1C. The van der Waals surface area contributed by atoms with Crippen molar-refractivity contribution in [3.8, 4) is 0 Å². The number of carbonyl (C=O) groups excluding carboxylic acids is 13. The fourth-order valence-electron chi connectivity index (χ4n) is 13.5. The number of piperidine rings is 1. The number of likely N-dealkylation sites (tertiary alicyclic amines) is 1. The number of rotatable bonds is 21. The fraction of sp³-hybridized carbons (Fsp3) is 0.608. The summed E-state index contributed by atoms with van der Waals surface area (Å²) >= 11 is 0. The Labute approximate surface area is 627 Å². The van der Waals surface area contributed by atoms with E-state index < -0.39 is 162 Å². The molecule has 0 bridgehead atoms. The van der Waals surface area contributed by atoms with Crippen molar-refractivity contribution in [1.82, 2.24) is 65.4 Å². The predicted octanol–water partition coefficient (Wildman–Crippen LogP) is 3.53. The largest absolute Gasteiger partial charge is 0.391 e. The molecule has 12 atom stereocenters. The maximum atomic E-state index is 15.8. The van der Waals surface area contributed by atoms with Gasteiger partial charge in [-0.15, -0.1) is 0 Å². The maximum absolute atomic E-state index is 15.8. The van der Waals surface area contributed by atoms with E-state index >= 15 is 33.6 Å². The third-order valence-electron chi connectivity index (χ3n) is 20.3. The van der Waals surface area contributed by atoms with Crippen LogP contribution in [0.3, 0.4) is 0 Å². The third-order valence-corrected chi connectivity index (χ3v) is 20.3. The van der Waals surface area contributed by atoms with Gasteiger partial charge in [-0.05, 0) is 99.7 Å². The van der Waals surface area contributed by atoms with Crippen LogP contribution in [0.5, 0.6) is 0 Å². The highest BCUT2D eigenvalue weighted by atomic mass is 16.3. The normalized spacial score (nSPS) is 22.9. The molecule has 584 valence electrons. The molecule has 13 amide bonds. The van der Waals surface area contributed by atoms with Crippen LogP contribution >= 0.6 is 0 Å². The minimum absolute atomic E-state index is 0.0168. The molecule has 2 aliphatic rings. The molecule has 3 aromatic rings. The van der Waals surface area contributed by atoms with Gasteiger partial charge in [-0.25, -0.2) is 0 Å². The highest BCUT2D eigenvalue weighted by Gasteiger charge is 2.45. The molecule has 5 N–H and O–H groups in total. The number of aliphatic hydroxyl groups is 1. The summed E-state index contributed by atoms with van der Waals surface area (Å²) < 4.78 is 0. The molecular formula is C79H119N13O14. The van der Waals surface area contributed by atoms with E-state index in [2.05, 4.69) is 21.3 Å². The molecular weight excluding hydrogens is 1350 g/mol. The second kappa shape index (κ2) is 40.5. The van der Waals surface area contributed by atoms with Crippen molar-refractivity contribution in [2.75, 3.05) is 76.0 Å². The molecule has 2 heterocycles. The molecule has 0 radical (unpaired) electrons. The van der Waals surface area contributed by atoms with Crippen molar-refractivity contribution >= 4 is 76.8 Å². The number of nitrogens with zero attached hydrogens (tertiary/aromatic N) is 9. The van der Waals surface area contributed by atoms with Gasteiger partial charge in [0.1, 0.15) is 66.5 Å². The summed E-state index contributed by atoms with van der Waals surface area (Å²) in [7, 11) is 10.9. The van der Waals surface area contributed by atoms with Crippen molar-refractivity contribution < 1.29 is 67.4 Å². The van der Waals surface area contributed by atoms with Crippen molar-refractivity contribution in [2.24, 2.45) is 23.7 Å². The van der Waals surface area contributed by atoms with Crippen molar-refractivity contribution in [3.05, 3.63) is 108 Å². The first kappa shape index (κ1) is 87.4. The Hall–Kier alpha value is -9.27. The topological polar surface area (TPSA) is 319 Å². The minimum atomic E-state index is -1.87. The van der Waals surface area contributed by atoms with Gasteiger partial charge >= 0.3 is 0 Å². The first-order valence-corrected chi connectivity index (χ1v) is 37.2. The van der Waals surface area contributed by atoms with Crippen LogP contribution in [0.1, 0.15) is 138 Å². The molecule has 0 aromatic heterocycles. The molecule has 0 aliphatic carbocycles. The van der Waals surface area contributed by atoms with Crippen LogP contribution in [0.4, 0.5) is 0 Å². The Morgan fingerprint density at radius 3 is 1.43 bits per heavy atom. The van der Waals surface area contributed by atoms with E-state index in [1.165, 1.54) is 89.8 Å². The van der Waals surface area contributed by atoms with Crippen molar-refractivity contribution in [2.45, 2.75) is 213 Å². The number of hydrogen-bond donors (Lipinski definition) is 5. The van der Waals surface area contributed by atoms with Gasteiger partial charge in [0.25, 0.3) is 0 Å². The summed E-state index contributed by atoms with van der Waals surface area (Å²) in [4.78, 5) is 206. The molecule has 5 rings (SSSR count). The molecule has 2 saturated heterocycles. The zero-order valence-corrected chi connectivity index (χ0v) is 65.9. The monoisotopic (exact) mass is 1470 g/mol. The summed E-state index contributed by atoms with van der Waals surface area (Å²) in [5.74, 6) is -11.1. The standard InChI is InChI=1S/C79H119N13O14/c1-48(2)40-59-70(97)81-58(74(101)89(17)63(44-56-34-26-21-27-35-56)76(103)88(16)61(43-55-32-24-20-25-33-55)69(96)80-52(9)72(99)92-38-30-23-31-39-92)46-66(95)84(12)47-65(94)82-68(54(11)93)79(106)91(19)64(45-57-36-28-22-29-37-57)77(104)87(15)60(41-49(3)4)71(98)83-67(51(7)8)78(105)90(18)62(42-50(5)6)75(102)85(13)53(10)73(100)86(59)14/h20-22,24-29,32-37,48-54,58-64,67-68,93H,23,30-31,38-47H2,1-19H3,(H,80,96)(H,81,97)(H,82,94)(H,83,98)/t52-,53-,54+,58-,59-,60-,61-,62-,63-,64-,67-,68-/m0/s1. The zero-order chi connectivity index (χ0) is 79.3. The molecule has 0 saturated carbocycles. The summed E-state index contributed by atoms with van der Waals surface area (Å²) in [5.41, 5.74) is 1.86. The number of likely N-dealkylation sites (N-methyl/N-ethyl adjacent to an activating group) is 8. The lowest BCUT2D eigenvalue weighted by atomic mass is 9.96. The van der Waals surface area contributed by atoms with Crippen LogP contribution in [0, 0.1) is 23.7 Å². The first-order chi connectivity index (χ1) is 49.8. The molecule has 3 aromatic carbocycles. The Balaban J connectivity index is 1.68. The Morgan fingerprint density at radius 1 is 0.509 bits per heavy atom. The van der Waals surface area contributed by atoms with Gasteiger partial charge in [-0.2, -0.15) is 0 Å². The summed E-state index contributed by atoms with van der Waals surface area (Å²) in [5, 5.41) is 22.4. The fourth-order valence-corrected chi connectivity index (χ4v) is 13.5. The number of benzene rings is 3. The third kappa shape index (κ3) is 23.9. The van der Waals surface area contributed by atoms with Gasteiger partial charge in [0.05, 0.1) is 19.1 Å². The molecule has 0 spiro atoms. The van der Waals surface area contributed by atoms with E-state index in [1.807, 2.05) is 27.7 Å². The molecule has 0 unspecified atom stereocenters. The molecule has 2 fully saturated rings. The van der Waals surface area contributed by atoms with Crippen LogP contribution < -0.4 is 21.3 Å². The van der Waals surface area contributed by atoms with E-state index in [1.54, 1.807) is 131 Å². The van der Waals surface area contributed by atoms with Crippen LogP contribution in [0.2, 0.25) is 0 Å². The average Bonchev–Trinajstić information content (AvgIpc) is 0.814. The first-order valence-electron chi connectivity index (χ1n) is 37.2. The highest BCUT2D eigenvalue weighted by molar-refractivity contribution is 6.01. The smallest absolute Gasteiger partial charge is 0.248 e. The second-order valence-corrected chi connectivity index (χ2v) is 30.5. The number of nitrogens with one attached hydrogen (secondary N) is 4. The highest BCUT2D eigenvalue weighted by Crippen LogP contribution is 2.25. The molecule has 27 nitrogen and oxygen atoms in total. The van der Waals surface area contributed by atoms with E-state index in [0.29, 0.717) is 29.8 Å². The van der Waals surface area contributed by atoms with E-state index in [4.69, 9.17) is 0 Å². The lowest BCUT2D eigenvalue weighted by molar-refractivity contribution is -0.153.